The number of aromatic nitrogens is 2. The second-order valence-electron chi connectivity index (χ2n) is 8.69. The van der Waals surface area contributed by atoms with Gasteiger partial charge in [0.05, 0.1) is 24.8 Å². The molecule has 1 heterocycles. The van der Waals surface area contributed by atoms with E-state index in [0.717, 1.165) is 64.6 Å². The Kier molecular flexibility index (Phi) is 8.09. The summed E-state index contributed by atoms with van der Waals surface area (Å²) in [5.41, 5.74) is 5.54. The molecule has 0 aliphatic heterocycles. The van der Waals surface area contributed by atoms with Crippen molar-refractivity contribution < 1.29 is 14.2 Å². The number of aryl methyl sites for hydroxylation is 3. The van der Waals surface area contributed by atoms with E-state index < -0.39 is 0 Å². The molecule has 3 aromatic carbocycles. The van der Waals surface area contributed by atoms with E-state index in [1.807, 2.05) is 43.3 Å². The summed E-state index contributed by atoms with van der Waals surface area (Å²) in [6.45, 7) is 8.07. The van der Waals surface area contributed by atoms with Gasteiger partial charge in [-0.3, -0.25) is 0 Å². The number of allylic oxidation sites excluding steroid dienone is 1. The van der Waals surface area contributed by atoms with Crippen LogP contribution in [0.25, 0.3) is 17.1 Å². The Balaban J connectivity index is 1.39. The van der Waals surface area contributed by atoms with Crippen LogP contribution < -0.4 is 14.2 Å². The summed E-state index contributed by atoms with van der Waals surface area (Å²) in [4.78, 5) is 4.86. The van der Waals surface area contributed by atoms with Gasteiger partial charge in [0, 0.05) is 6.54 Å². The molecule has 0 unspecified atom stereocenters. The van der Waals surface area contributed by atoms with Crippen LogP contribution in [-0.2, 0) is 13.2 Å². The molecule has 0 saturated carbocycles. The maximum absolute atomic E-state index is 6.18. The molecule has 5 heteroatoms. The molecule has 4 rings (SSSR count). The SMILES string of the molecule is C/C=C/c1ccc(OCCCCn2c(COc3cc(C)ccc3C)nc3ccccc32)c(OC)c1. The lowest BCUT2D eigenvalue weighted by molar-refractivity contribution is 0.277. The van der Waals surface area contributed by atoms with Crippen molar-refractivity contribution in [2.75, 3.05) is 13.7 Å². The minimum absolute atomic E-state index is 0.436. The predicted molar refractivity (Wildman–Crippen MR) is 142 cm³/mol. The third kappa shape index (κ3) is 6.04. The fraction of sp³-hybridized carbons (Fsp3) is 0.300. The van der Waals surface area contributed by atoms with Crippen LogP contribution in [0.5, 0.6) is 17.2 Å². The molecule has 0 atom stereocenters. The molecular formula is C30H34N2O3. The van der Waals surface area contributed by atoms with E-state index in [2.05, 4.69) is 54.8 Å². The van der Waals surface area contributed by atoms with Crippen molar-refractivity contribution in [2.45, 2.75) is 46.8 Å². The van der Waals surface area contributed by atoms with Crippen molar-refractivity contribution in [2.24, 2.45) is 0 Å². The van der Waals surface area contributed by atoms with E-state index in [0.29, 0.717) is 13.2 Å². The fourth-order valence-electron chi connectivity index (χ4n) is 4.14. The van der Waals surface area contributed by atoms with E-state index in [1.165, 1.54) is 5.56 Å². The molecule has 5 nitrogen and oxygen atoms in total. The van der Waals surface area contributed by atoms with Gasteiger partial charge in [0.15, 0.2) is 11.5 Å². The topological polar surface area (TPSA) is 45.5 Å². The van der Waals surface area contributed by atoms with Crippen LogP contribution in [0.15, 0.2) is 66.7 Å². The van der Waals surface area contributed by atoms with Gasteiger partial charge in [-0.1, -0.05) is 42.5 Å². The smallest absolute Gasteiger partial charge is 0.161 e. The maximum Gasteiger partial charge on any atom is 0.161 e. The summed E-state index contributed by atoms with van der Waals surface area (Å²) in [6, 6.07) is 20.5. The van der Waals surface area contributed by atoms with Gasteiger partial charge >= 0.3 is 0 Å². The molecular weight excluding hydrogens is 436 g/mol. The summed E-state index contributed by atoms with van der Waals surface area (Å²) >= 11 is 0. The second-order valence-corrected chi connectivity index (χ2v) is 8.69. The summed E-state index contributed by atoms with van der Waals surface area (Å²) < 4.78 is 20.0. The molecule has 0 radical (unpaired) electrons. The number of ether oxygens (including phenoxy) is 3. The summed E-state index contributed by atoms with van der Waals surface area (Å²) in [5, 5.41) is 0. The number of rotatable bonds is 11. The zero-order valence-corrected chi connectivity index (χ0v) is 21.1. The highest BCUT2D eigenvalue weighted by molar-refractivity contribution is 5.75. The summed E-state index contributed by atoms with van der Waals surface area (Å²) in [5.74, 6) is 3.38. The number of methoxy groups -OCH3 is 1. The molecule has 0 spiro atoms. The number of hydrogen-bond acceptors (Lipinski definition) is 4. The lowest BCUT2D eigenvalue weighted by atomic mass is 10.1. The van der Waals surface area contributed by atoms with Crippen LogP contribution in [0, 0.1) is 13.8 Å². The lowest BCUT2D eigenvalue weighted by Gasteiger charge is -2.13. The Morgan fingerprint density at radius 2 is 1.74 bits per heavy atom. The number of benzene rings is 3. The van der Waals surface area contributed by atoms with Gasteiger partial charge in [-0.15, -0.1) is 0 Å². The molecule has 4 aromatic rings. The Hall–Kier alpha value is -3.73. The van der Waals surface area contributed by atoms with Gasteiger partial charge in [-0.25, -0.2) is 4.98 Å². The van der Waals surface area contributed by atoms with Crippen molar-refractivity contribution in [3.05, 3.63) is 89.3 Å². The van der Waals surface area contributed by atoms with Crippen molar-refractivity contribution in [3.8, 4) is 17.2 Å². The first-order chi connectivity index (χ1) is 17.1. The normalized spacial score (nSPS) is 11.3. The van der Waals surface area contributed by atoms with Gasteiger partial charge < -0.3 is 18.8 Å². The highest BCUT2D eigenvalue weighted by Crippen LogP contribution is 2.29. The minimum Gasteiger partial charge on any atom is -0.493 e. The molecule has 0 bridgehead atoms. The minimum atomic E-state index is 0.436. The maximum atomic E-state index is 6.18. The first-order valence-corrected chi connectivity index (χ1v) is 12.2. The number of imidazole rings is 1. The molecule has 182 valence electrons. The monoisotopic (exact) mass is 470 g/mol. The third-order valence-electron chi connectivity index (χ3n) is 6.01. The number of hydrogen-bond donors (Lipinski definition) is 0. The van der Waals surface area contributed by atoms with Crippen LogP contribution in [-0.4, -0.2) is 23.3 Å². The van der Waals surface area contributed by atoms with Crippen molar-refractivity contribution >= 4 is 17.1 Å². The molecule has 1 aromatic heterocycles. The van der Waals surface area contributed by atoms with E-state index >= 15 is 0 Å². The Bertz CT molecular complexity index is 1310. The van der Waals surface area contributed by atoms with Crippen LogP contribution in [0.3, 0.4) is 0 Å². The molecule has 0 aliphatic carbocycles. The Morgan fingerprint density at radius 1 is 0.886 bits per heavy atom. The van der Waals surface area contributed by atoms with Crippen molar-refractivity contribution in [3.63, 3.8) is 0 Å². The van der Waals surface area contributed by atoms with Crippen LogP contribution >= 0.6 is 0 Å². The van der Waals surface area contributed by atoms with E-state index in [4.69, 9.17) is 19.2 Å². The molecule has 0 N–H and O–H groups in total. The Morgan fingerprint density at radius 3 is 2.57 bits per heavy atom. The van der Waals surface area contributed by atoms with Gasteiger partial charge in [-0.2, -0.15) is 0 Å². The van der Waals surface area contributed by atoms with Crippen molar-refractivity contribution in [1.82, 2.24) is 9.55 Å². The average Bonchev–Trinajstić information content (AvgIpc) is 3.22. The first-order valence-electron chi connectivity index (χ1n) is 12.2. The second kappa shape index (κ2) is 11.6. The zero-order chi connectivity index (χ0) is 24.6. The van der Waals surface area contributed by atoms with Gasteiger partial charge in [-0.05, 0) is 80.6 Å². The van der Waals surface area contributed by atoms with Crippen LogP contribution in [0.4, 0.5) is 0 Å². The van der Waals surface area contributed by atoms with Crippen molar-refractivity contribution in [1.29, 1.82) is 0 Å². The highest BCUT2D eigenvalue weighted by Gasteiger charge is 2.12. The van der Waals surface area contributed by atoms with E-state index in [1.54, 1.807) is 7.11 Å². The fourth-order valence-corrected chi connectivity index (χ4v) is 4.14. The largest absolute Gasteiger partial charge is 0.493 e. The third-order valence-corrected chi connectivity index (χ3v) is 6.01. The van der Waals surface area contributed by atoms with Crippen LogP contribution in [0.1, 0.15) is 42.3 Å². The average molecular weight is 471 g/mol. The first kappa shape index (κ1) is 24.4. The standard InChI is InChI=1S/C30H34N2O3/c1-5-10-24-15-16-27(29(20-24)33-4)34-18-9-8-17-32-26-12-7-6-11-25(26)31-30(32)21-35-28-19-22(2)13-14-23(28)3/h5-7,10-16,19-20H,8-9,17-18,21H2,1-4H3/b10-5+. The van der Waals surface area contributed by atoms with Crippen LogP contribution in [0.2, 0.25) is 0 Å². The number of fused-ring (bicyclic) bond motifs is 1. The van der Waals surface area contributed by atoms with E-state index in [-0.39, 0.29) is 0 Å². The van der Waals surface area contributed by atoms with Gasteiger partial charge in [0.25, 0.3) is 0 Å². The van der Waals surface area contributed by atoms with E-state index in [9.17, 15) is 0 Å². The predicted octanol–water partition coefficient (Wildman–Crippen LogP) is 7.13. The Labute approximate surface area is 208 Å². The molecule has 0 amide bonds. The number of para-hydroxylation sites is 2. The molecule has 0 saturated heterocycles. The highest BCUT2D eigenvalue weighted by atomic mass is 16.5. The van der Waals surface area contributed by atoms with Gasteiger partial charge in [0.1, 0.15) is 18.2 Å². The number of nitrogens with zero attached hydrogens (tertiary/aromatic N) is 2. The zero-order valence-electron chi connectivity index (χ0n) is 21.1. The molecule has 0 aliphatic rings. The van der Waals surface area contributed by atoms with Gasteiger partial charge in [0.2, 0.25) is 0 Å². The quantitative estimate of drug-likeness (QED) is 0.219. The number of unbranched alkanes of at least 4 members (excludes halogenated alkanes) is 1. The summed E-state index contributed by atoms with van der Waals surface area (Å²) in [6.07, 6.45) is 5.94. The summed E-state index contributed by atoms with van der Waals surface area (Å²) in [7, 11) is 1.67. The molecule has 0 fully saturated rings. The lowest BCUT2D eigenvalue weighted by Crippen LogP contribution is -2.09. The molecule has 35 heavy (non-hydrogen) atoms.